The van der Waals surface area contributed by atoms with Crippen molar-refractivity contribution in [3.8, 4) is 0 Å². The Labute approximate surface area is 186 Å². The van der Waals surface area contributed by atoms with Crippen molar-refractivity contribution in [2.24, 2.45) is 10.9 Å². The van der Waals surface area contributed by atoms with Crippen molar-refractivity contribution in [1.82, 2.24) is 10.6 Å². The second kappa shape index (κ2) is 13.2. The number of ether oxygens (including phenoxy) is 2. The summed E-state index contributed by atoms with van der Waals surface area (Å²) < 4.78 is 11.2. The number of morpholine rings is 1. The van der Waals surface area contributed by atoms with Gasteiger partial charge >= 0.3 is 0 Å². The van der Waals surface area contributed by atoms with E-state index in [0.717, 1.165) is 70.9 Å². The van der Waals surface area contributed by atoms with E-state index < -0.39 is 0 Å². The Morgan fingerprint density at radius 3 is 2.75 bits per heavy atom. The van der Waals surface area contributed by atoms with Crippen molar-refractivity contribution in [3.63, 3.8) is 0 Å². The van der Waals surface area contributed by atoms with Crippen molar-refractivity contribution in [2.45, 2.75) is 32.7 Å². The molecule has 1 saturated heterocycles. The smallest absolute Gasteiger partial charge is 0.191 e. The largest absolute Gasteiger partial charge is 0.381 e. The first-order valence-electron chi connectivity index (χ1n) is 10.4. The highest BCUT2D eigenvalue weighted by Gasteiger charge is 2.20. The second-order valence-corrected chi connectivity index (χ2v) is 7.22. The van der Waals surface area contributed by atoms with Crippen LogP contribution < -0.4 is 15.5 Å². The zero-order valence-corrected chi connectivity index (χ0v) is 19.3. The first-order valence-corrected chi connectivity index (χ1v) is 10.4. The third-order valence-corrected chi connectivity index (χ3v) is 4.90. The van der Waals surface area contributed by atoms with Crippen LogP contribution in [0.1, 0.15) is 31.7 Å². The van der Waals surface area contributed by atoms with Crippen LogP contribution in [0.15, 0.2) is 29.3 Å². The third-order valence-electron chi connectivity index (χ3n) is 4.90. The Hall–Kier alpha value is -1.06. The van der Waals surface area contributed by atoms with E-state index in [-0.39, 0.29) is 24.0 Å². The van der Waals surface area contributed by atoms with E-state index in [1.165, 1.54) is 24.1 Å². The van der Waals surface area contributed by atoms with Crippen molar-refractivity contribution >= 4 is 35.6 Å². The number of guanidine groups is 1. The molecular weight excluding hydrogens is 467 g/mol. The van der Waals surface area contributed by atoms with E-state index in [9.17, 15) is 0 Å². The molecule has 0 bridgehead atoms. The molecule has 2 fully saturated rings. The highest BCUT2D eigenvalue weighted by molar-refractivity contribution is 14.0. The molecule has 7 heteroatoms. The van der Waals surface area contributed by atoms with Gasteiger partial charge in [0, 0.05) is 45.1 Å². The van der Waals surface area contributed by atoms with Gasteiger partial charge in [0.15, 0.2) is 5.96 Å². The van der Waals surface area contributed by atoms with Crippen LogP contribution >= 0.6 is 24.0 Å². The van der Waals surface area contributed by atoms with Gasteiger partial charge in [-0.1, -0.05) is 18.2 Å². The number of nitrogens with zero attached hydrogens (tertiary/aromatic N) is 2. The summed E-state index contributed by atoms with van der Waals surface area (Å²) in [6.07, 6.45) is 3.70. The van der Waals surface area contributed by atoms with E-state index >= 15 is 0 Å². The molecule has 2 N–H and O–H groups in total. The topological polar surface area (TPSA) is 58.1 Å². The number of hydrogen-bond donors (Lipinski definition) is 2. The summed E-state index contributed by atoms with van der Waals surface area (Å²) in [5, 5.41) is 6.75. The fourth-order valence-electron chi connectivity index (χ4n) is 3.18. The molecule has 28 heavy (non-hydrogen) atoms. The monoisotopic (exact) mass is 502 g/mol. The number of anilines is 1. The van der Waals surface area contributed by atoms with Gasteiger partial charge in [0.25, 0.3) is 0 Å². The lowest BCUT2D eigenvalue weighted by Gasteiger charge is -2.30. The maximum absolute atomic E-state index is 5.70. The molecular formula is C21H35IN4O2. The summed E-state index contributed by atoms with van der Waals surface area (Å²) in [6, 6.07) is 8.55. The number of para-hydroxylation sites is 1. The van der Waals surface area contributed by atoms with E-state index in [4.69, 9.17) is 14.5 Å². The number of benzene rings is 1. The molecule has 1 aromatic carbocycles. The maximum atomic E-state index is 5.70. The highest BCUT2D eigenvalue weighted by Crippen LogP contribution is 2.28. The first kappa shape index (κ1) is 23.2. The van der Waals surface area contributed by atoms with E-state index in [0.29, 0.717) is 6.54 Å². The van der Waals surface area contributed by atoms with E-state index in [2.05, 4.69) is 46.7 Å². The Morgan fingerprint density at radius 2 is 2.00 bits per heavy atom. The van der Waals surface area contributed by atoms with Gasteiger partial charge in [0.05, 0.1) is 19.8 Å². The molecule has 0 amide bonds. The molecule has 1 aliphatic heterocycles. The standard InChI is InChI=1S/C21H34N4O2.HI/c1-2-22-21(23-10-5-13-27-17-18-8-9-18)24-16-19-6-3-4-7-20(19)25-11-14-26-15-12-25;/h3-4,6-7,18H,2,5,8-17H2,1H3,(H2,22,23,24);1H. The van der Waals surface area contributed by atoms with Gasteiger partial charge < -0.3 is 25.0 Å². The van der Waals surface area contributed by atoms with Crippen LogP contribution in [0.2, 0.25) is 0 Å². The molecule has 0 radical (unpaired) electrons. The molecule has 2 aliphatic rings. The van der Waals surface area contributed by atoms with Crippen LogP contribution in [0, 0.1) is 5.92 Å². The normalized spacial score (nSPS) is 17.2. The van der Waals surface area contributed by atoms with Gasteiger partial charge in [-0.25, -0.2) is 4.99 Å². The molecule has 0 spiro atoms. The van der Waals surface area contributed by atoms with Crippen molar-refractivity contribution < 1.29 is 9.47 Å². The molecule has 3 rings (SSSR count). The van der Waals surface area contributed by atoms with Crippen LogP contribution in [-0.2, 0) is 16.0 Å². The fourth-order valence-corrected chi connectivity index (χ4v) is 3.18. The van der Waals surface area contributed by atoms with Crippen LogP contribution in [-0.4, -0.2) is 58.6 Å². The van der Waals surface area contributed by atoms with Crippen molar-refractivity contribution in [2.75, 3.05) is 57.5 Å². The summed E-state index contributed by atoms with van der Waals surface area (Å²) in [5.41, 5.74) is 2.53. The minimum Gasteiger partial charge on any atom is -0.381 e. The summed E-state index contributed by atoms with van der Waals surface area (Å²) in [4.78, 5) is 7.19. The minimum atomic E-state index is 0. The van der Waals surface area contributed by atoms with Crippen molar-refractivity contribution in [1.29, 1.82) is 0 Å². The molecule has 158 valence electrons. The van der Waals surface area contributed by atoms with Gasteiger partial charge in [0.2, 0.25) is 0 Å². The lowest BCUT2D eigenvalue weighted by Crippen LogP contribution is -2.38. The predicted octanol–water partition coefficient (Wildman–Crippen LogP) is 3.01. The Kier molecular flexibility index (Phi) is 11.0. The first-order chi connectivity index (χ1) is 13.4. The van der Waals surface area contributed by atoms with Gasteiger partial charge in [-0.05, 0) is 43.7 Å². The lowest BCUT2D eigenvalue weighted by molar-refractivity contribution is 0.122. The Bertz CT molecular complexity index is 590. The molecule has 6 nitrogen and oxygen atoms in total. The quantitative estimate of drug-likeness (QED) is 0.223. The number of nitrogens with one attached hydrogen (secondary N) is 2. The van der Waals surface area contributed by atoms with Crippen molar-refractivity contribution in [3.05, 3.63) is 29.8 Å². The molecule has 1 aliphatic carbocycles. The second-order valence-electron chi connectivity index (χ2n) is 7.22. The summed E-state index contributed by atoms with van der Waals surface area (Å²) in [6.45, 7) is 9.74. The van der Waals surface area contributed by atoms with Gasteiger partial charge in [-0.3, -0.25) is 0 Å². The SMILES string of the molecule is CCNC(=NCc1ccccc1N1CCOCC1)NCCCOCC1CC1.I. The number of rotatable bonds is 10. The lowest BCUT2D eigenvalue weighted by atomic mass is 10.1. The predicted molar refractivity (Wildman–Crippen MR) is 126 cm³/mol. The Balaban J connectivity index is 0.00000280. The molecule has 1 heterocycles. The average molecular weight is 502 g/mol. The molecule has 0 aromatic heterocycles. The number of aliphatic imine (C=N–C) groups is 1. The fraction of sp³-hybridized carbons (Fsp3) is 0.667. The number of hydrogen-bond acceptors (Lipinski definition) is 4. The highest BCUT2D eigenvalue weighted by atomic mass is 127. The van der Waals surface area contributed by atoms with Gasteiger partial charge in [0.1, 0.15) is 0 Å². The van der Waals surface area contributed by atoms with E-state index in [1.807, 2.05) is 0 Å². The zero-order chi connectivity index (χ0) is 18.7. The van der Waals surface area contributed by atoms with Crippen LogP contribution in [0.5, 0.6) is 0 Å². The van der Waals surface area contributed by atoms with Gasteiger partial charge in [-0.15, -0.1) is 24.0 Å². The third kappa shape index (κ3) is 8.13. The maximum Gasteiger partial charge on any atom is 0.191 e. The van der Waals surface area contributed by atoms with E-state index in [1.54, 1.807) is 0 Å². The van der Waals surface area contributed by atoms with Crippen LogP contribution in [0.3, 0.4) is 0 Å². The minimum absolute atomic E-state index is 0. The Morgan fingerprint density at radius 1 is 1.21 bits per heavy atom. The summed E-state index contributed by atoms with van der Waals surface area (Å²) in [7, 11) is 0. The zero-order valence-electron chi connectivity index (χ0n) is 17.0. The molecule has 0 unspecified atom stereocenters. The number of halogens is 1. The van der Waals surface area contributed by atoms with Crippen LogP contribution in [0.4, 0.5) is 5.69 Å². The molecule has 1 saturated carbocycles. The summed E-state index contributed by atoms with van der Waals surface area (Å²) in [5.74, 6) is 1.71. The van der Waals surface area contributed by atoms with Crippen LogP contribution in [0.25, 0.3) is 0 Å². The average Bonchev–Trinajstić information content (AvgIpc) is 3.54. The molecule has 0 atom stereocenters. The summed E-state index contributed by atoms with van der Waals surface area (Å²) >= 11 is 0. The van der Waals surface area contributed by atoms with Gasteiger partial charge in [-0.2, -0.15) is 0 Å². The molecule has 1 aromatic rings.